The van der Waals surface area contributed by atoms with Crippen molar-refractivity contribution in [3.63, 3.8) is 0 Å². The van der Waals surface area contributed by atoms with Crippen LogP contribution in [-0.2, 0) is 4.57 Å². The van der Waals surface area contributed by atoms with E-state index in [1.165, 1.54) is 5.39 Å². The first-order valence-corrected chi connectivity index (χ1v) is 14.7. The highest BCUT2D eigenvalue weighted by molar-refractivity contribution is 7.85. The quantitative estimate of drug-likeness (QED) is 0.187. The zero-order valence-electron chi connectivity index (χ0n) is 20.9. The lowest BCUT2D eigenvalue weighted by Crippen LogP contribution is -2.25. The molecule has 0 N–H and O–H groups in total. The number of hydrogen-bond donors (Lipinski definition) is 0. The molecular formula is C34H22N3OP. The lowest BCUT2D eigenvalue weighted by Gasteiger charge is -2.20. The molecule has 0 aliphatic carbocycles. The van der Waals surface area contributed by atoms with Gasteiger partial charge in [0.25, 0.3) is 0 Å². The maximum atomic E-state index is 15.4. The van der Waals surface area contributed by atoms with Crippen molar-refractivity contribution in [2.45, 2.75) is 0 Å². The van der Waals surface area contributed by atoms with Crippen LogP contribution >= 0.6 is 7.14 Å². The van der Waals surface area contributed by atoms with Gasteiger partial charge in [0.1, 0.15) is 5.65 Å². The molecule has 3 heterocycles. The number of benzene rings is 5. The average Bonchev–Trinajstić information content (AvgIpc) is 3.40. The van der Waals surface area contributed by atoms with E-state index in [2.05, 4.69) is 64.0 Å². The lowest BCUT2D eigenvalue weighted by molar-refractivity contribution is 0.592. The van der Waals surface area contributed by atoms with Crippen molar-refractivity contribution in [1.29, 1.82) is 0 Å². The van der Waals surface area contributed by atoms with Crippen LogP contribution in [0.3, 0.4) is 0 Å². The summed E-state index contributed by atoms with van der Waals surface area (Å²) < 4.78 is 17.6. The standard InChI is InChI=1S/C34H22N3OP/c38-39(24-11-2-1-3-12-24,26-20-23-10-4-8-16-30(23)35-22-26)25-18-19-31-33(21-25)37-32-17-9-7-14-28(32)27-13-5-6-15-29(27)34(37)36-31/h1-22H. The van der Waals surface area contributed by atoms with Crippen LogP contribution in [0.15, 0.2) is 134 Å². The van der Waals surface area contributed by atoms with Gasteiger partial charge in [0.15, 0.2) is 7.14 Å². The van der Waals surface area contributed by atoms with E-state index < -0.39 is 7.14 Å². The molecule has 5 heteroatoms. The Bertz CT molecular complexity index is 2270. The Kier molecular flexibility index (Phi) is 4.76. The second-order valence-corrected chi connectivity index (χ2v) is 12.6. The Morgan fingerprint density at radius 2 is 1.26 bits per heavy atom. The fourth-order valence-electron chi connectivity index (χ4n) is 5.81. The fourth-order valence-corrected chi connectivity index (χ4v) is 8.43. The van der Waals surface area contributed by atoms with E-state index >= 15 is 4.57 Å². The molecule has 184 valence electrons. The van der Waals surface area contributed by atoms with Gasteiger partial charge in [-0.2, -0.15) is 0 Å². The van der Waals surface area contributed by atoms with Crippen molar-refractivity contribution in [2.24, 2.45) is 0 Å². The van der Waals surface area contributed by atoms with Gasteiger partial charge in [-0.1, -0.05) is 91.0 Å². The molecule has 0 spiro atoms. The summed E-state index contributed by atoms with van der Waals surface area (Å²) in [5, 5.41) is 6.67. The third kappa shape index (κ3) is 3.22. The van der Waals surface area contributed by atoms with E-state index in [4.69, 9.17) is 4.98 Å². The molecule has 0 aliphatic heterocycles. The average molecular weight is 520 g/mol. The smallest absolute Gasteiger partial charge is 0.172 e. The molecule has 0 radical (unpaired) electrons. The summed E-state index contributed by atoms with van der Waals surface area (Å²) >= 11 is 0. The van der Waals surface area contributed by atoms with Crippen molar-refractivity contribution in [3.8, 4) is 0 Å². The molecular weight excluding hydrogens is 497 g/mol. The summed E-state index contributed by atoms with van der Waals surface area (Å²) in [4.78, 5) is 9.75. The molecule has 0 saturated carbocycles. The molecule has 4 nitrogen and oxygen atoms in total. The number of aromatic nitrogens is 3. The monoisotopic (exact) mass is 519 g/mol. The van der Waals surface area contributed by atoms with Crippen LogP contribution < -0.4 is 15.9 Å². The van der Waals surface area contributed by atoms with Crippen molar-refractivity contribution >= 4 is 72.3 Å². The first-order valence-electron chi connectivity index (χ1n) is 13.0. The van der Waals surface area contributed by atoms with Crippen LogP contribution in [0, 0.1) is 0 Å². The third-order valence-electron chi connectivity index (χ3n) is 7.66. The van der Waals surface area contributed by atoms with Crippen molar-refractivity contribution in [2.75, 3.05) is 0 Å². The van der Waals surface area contributed by atoms with Crippen LogP contribution in [0.2, 0.25) is 0 Å². The van der Waals surface area contributed by atoms with Gasteiger partial charge in [0, 0.05) is 38.3 Å². The van der Waals surface area contributed by atoms with Gasteiger partial charge in [0.05, 0.1) is 22.1 Å². The van der Waals surface area contributed by atoms with Crippen molar-refractivity contribution < 1.29 is 4.57 Å². The minimum absolute atomic E-state index is 0.718. The molecule has 1 atom stereocenters. The van der Waals surface area contributed by atoms with E-state index in [0.717, 1.165) is 59.8 Å². The molecule has 8 rings (SSSR count). The number of hydrogen-bond acceptors (Lipinski definition) is 3. The lowest BCUT2D eigenvalue weighted by atomic mass is 10.1. The molecule has 1 unspecified atom stereocenters. The maximum absolute atomic E-state index is 15.4. The third-order valence-corrected chi connectivity index (χ3v) is 10.7. The summed E-state index contributed by atoms with van der Waals surface area (Å²) in [6.45, 7) is 0. The molecule has 0 fully saturated rings. The van der Waals surface area contributed by atoms with E-state index in [0.29, 0.717) is 0 Å². The zero-order chi connectivity index (χ0) is 26.0. The predicted molar refractivity (Wildman–Crippen MR) is 162 cm³/mol. The highest BCUT2D eigenvalue weighted by atomic mass is 31.2. The molecule has 0 aliphatic rings. The van der Waals surface area contributed by atoms with Gasteiger partial charge >= 0.3 is 0 Å². The van der Waals surface area contributed by atoms with Gasteiger partial charge in [-0.3, -0.25) is 9.38 Å². The maximum Gasteiger partial charge on any atom is 0.172 e. The Labute approximate surface area is 224 Å². The fraction of sp³-hybridized carbons (Fsp3) is 0. The molecule has 5 aromatic carbocycles. The van der Waals surface area contributed by atoms with Crippen molar-refractivity contribution in [3.05, 3.63) is 134 Å². The number of pyridine rings is 2. The predicted octanol–water partition coefficient (Wildman–Crippen LogP) is 6.98. The number of rotatable bonds is 3. The minimum Gasteiger partial charge on any atom is -0.309 e. The normalized spacial score (nSPS) is 13.4. The first-order chi connectivity index (χ1) is 19.2. The molecule has 0 bridgehead atoms. The zero-order valence-corrected chi connectivity index (χ0v) is 21.8. The van der Waals surface area contributed by atoms with Gasteiger partial charge in [-0.25, -0.2) is 4.98 Å². The minimum atomic E-state index is -3.25. The van der Waals surface area contributed by atoms with Crippen LogP contribution in [0.4, 0.5) is 0 Å². The summed E-state index contributed by atoms with van der Waals surface area (Å²) in [6.07, 6.45) is 1.78. The Balaban J connectivity index is 1.48. The Morgan fingerprint density at radius 3 is 2.13 bits per heavy atom. The number of imidazole rings is 1. The number of nitrogens with zero attached hydrogens (tertiary/aromatic N) is 3. The summed E-state index contributed by atoms with van der Waals surface area (Å²) in [6, 6.07) is 42.6. The first kappa shape index (κ1) is 22.2. The van der Waals surface area contributed by atoms with E-state index in [1.54, 1.807) is 6.20 Å². The second-order valence-electron chi connectivity index (χ2n) is 9.84. The van der Waals surface area contributed by atoms with E-state index in [9.17, 15) is 0 Å². The summed E-state index contributed by atoms with van der Waals surface area (Å²) in [7, 11) is -3.25. The Hall–Kier alpha value is -4.79. The molecule has 3 aromatic heterocycles. The second kappa shape index (κ2) is 8.36. The van der Waals surface area contributed by atoms with Crippen LogP contribution in [-0.4, -0.2) is 14.4 Å². The molecule has 39 heavy (non-hydrogen) atoms. The van der Waals surface area contributed by atoms with Gasteiger partial charge < -0.3 is 4.57 Å². The summed E-state index contributed by atoms with van der Waals surface area (Å²) in [5.41, 5.74) is 4.67. The number of fused-ring (bicyclic) bond motifs is 9. The topological polar surface area (TPSA) is 47.3 Å². The van der Waals surface area contributed by atoms with Crippen LogP contribution in [0.25, 0.3) is 49.3 Å². The Morgan fingerprint density at radius 1 is 0.538 bits per heavy atom. The van der Waals surface area contributed by atoms with Crippen molar-refractivity contribution in [1.82, 2.24) is 14.4 Å². The highest BCUT2D eigenvalue weighted by Crippen LogP contribution is 2.43. The number of para-hydroxylation sites is 2. The molecule has 8 aromatic rings. The van der Waals surface area contributed by atoms with Gasteiger partial charge in [0.2, 0.25) is 0 Å². The van der Waals surface area contributed by atoms with Crippen LogP contribution in [0.5, 0.6) is 0 Å². The van der Waals surface area contributed by atoms with E-state index in [-0.39, 0.29) is 0 Å². The summed E-state index contributed by atoms with van der Waals surface area (Å²) in [5.74, 6) is 0. The van der Waals surface area contributed by atoms with Crippen LogP contribution in [0.1, 0.15) is 0 Å². The molecule has 0 saturated heterocycles. The van der Waals surface area contributed by atoms with Gasteiger partial charge in [-0.05, 0) is 41.8 Å². The van der Waals surface area contributed by atoms with Gasteiger partial charge in [-0.15, -0.1) is 0 Å². The van der Waals surface area contributed by atoms with E-state index in [1.807, 2.05) is 72.8 Å². The highest BCUT2D eigenvalue weighted by Gasteiger charge is 2.31. The largest absolute Gasteiger partial charge is 0.309 e. The molecule has 0 amide bonds. The SMILES string of the molecule is O=P(c1ccccc1)(c1cnc2ccccc2c1)c1ccc2nc3c4ccccc4c4ccccc4n3c2c1.